The second-order valence-electron chi connectivity index (χ2n) is 10.5. The molecule has 0 radical (unpaired) electrons. The number of rotatable bonds is 3. The molecule has 3 fully saturated rings. The quantitative estimate of drug-likeness (QED) is 0.269. The first-order chi connectivity index (χ1) is 18.9. The lowest BCUT2D eigenvalue weighted by atomic mass is 9.56. The number of aromatic hydroxyl groups is 1. The first-order valence-corrected chi connectivity index (χ1v) is 14.8. The van der Waals surface area contributed by atoms with Crippen LogP contribution in [0.3, 0.4) is 0 Å². The monoisotopic (exact) mass is 710 g/mol. The van der Waals surface area contributed by atoms with Gasteiger partial charge >= 0.3 is 0 Å². The summed E-state index contributed by atoms with van der Waals surface area (Å²) in [5.41, 5.74) is 1.57. The lowest BCUT2D eigenvalue weighted by molar-refractivity contribution is -0.138. The largest absolute Gasteiger partial charge is 0.503 e. The van der Waals surface area contributed by atoms with E-state index in [0.29, 0.717) is 16.8 Å². The van der Waals surface area contributed by atoms with Gasteiger partial charge in [0.25, 0.3) is 11.8 Å². The summed E-state index contributed by atoms with van der Waals surface area (Å²) in [5, 5.41) is 10.5. The Labute approximate surface area is 256 Å². The number of phenolic OH excluding ortho intramolecular Hbond substituents is 1. The molecule has 1 N–H and O–H groups in total. The van der Waals surface area contributed by atoms with Gasteiger partial charge in [0.15, 0.2) is 21.2 Å². The zero-order chi connectivity index (χ0) is 28.9. The van der Waals surface area contributed by atoms with Crippen molar-refractivity contribution in [2.24, 2.45) is 17.8 Å². The van der Waals surface area contributed by atoms with Crippen molar-refractivity contribution >= 4 is 84.4 Å². The van der Waals surface area contributed by atoms with Gasteiger partial charge in [-0.15, -0.1) is 23.2 Å². The summed E-state index contributed by atoms with van der Waals surface area (Å²) < 4.78 is 6.45. The molecule has 6 atom stereocenters. The van der Waals surface area contributed by atoms with Gasteiger partial charge in [0.2, 0.25) is 11.8 Å². The second-order valence-corrected chi connectivity index (χ2v) is 13.6. The van der Waals surface area contributed by atoms with Gasteiger partial charge in [-0.05, 0) is 76.7 Å². The molecule has 0 bridgehead atoms. The van der Waals surface area contributed by atoms with E-state index in [1.165, 1.54) is 19.1 Å². The first-order valence-electron chi connectivity index (χ1n) is 12.5. The van der Waals surface area contributed by atoms with Crippen molar-refractivity contribution in [2.45, 2.75) is 28.5 Å². The van der Waals surface area contributed by atoms with Crippen molar-refractivity contribution in [3.05, 3.63) is 62.6 Å². The lowest BCUT2D eigenvalue weighted by Crippen LogP contribution is -2.60. The van der Waals surface area contributed by atoms with E-state index in [1.54, 1.807) is 36.4 Å². The number of carbonyl (C=O) groups is 4. The fraction of sp³-hybridized carbons (Fsp3) is 0.357. The molecule has 4 aliphatic rings. The molecule has 0 unspecified atom stereocenters. The molecule has 2 heterocycles. The molecule has 208 valence electrons. The average molecular weight is 713 g/mol. The average Bonchev–Trinajstić information content (AvgIpc) is 3.25. The number of hydrogen-bond acceptors (Lipinski definition) is 6. The molecular formula is C28H22Br2Cl2N2O6. The van der Waals surface area contributed by atoms with Crippen LogP contribution in [0, 0.1) is 17.8 Å². The number of amides is 4. The Morgan fingerprint density at radius 3 is 2.33 bits per heavy atom. The standard InChI is InChI=1S/C28H22Br2Cl2N2O6/c1-33-25(38)27(31)11-17-15(21(28(27,32)26(33)39)12-9-18(30)22(35)19(10-12)40-2)7-8-16-20(17)24(37)34(23(16)36)14-5-3-13(29)4-6-14/h3-7,9-10,16-17,20-21,35H,8,11H2,1-2H3/t16-,17+,20-,21-,27+,28-/m0/s1. The number of hydrogen-bond donors (Lipinski definition) is 1. The highest BCUT2D eigenvalue weighted by molar-refractivity contribution is 9.10. The van der Waals surface area contributed by atoms with Gasteiger partial charge in [0.05, 0.1) is 29.1 Å². The van der Waals surface area contributed by atoms with Crippen molar-refractivity contribution in [2.75, 3.05) is 19.1 Å². The van der Waals surface area contributed by atoms with Crippen LogP contribution >= 0.6 is 55.1 Å². The Kier molecular flexibility index (Phi) is 6.46. The summed E-state index contributed by atoms with van der Waals surface area (Å²) in [4.78, 5) is 53.1. The van der Waals surface area contributed by atoms with Gasteiger partial charge in [0.1, 0.15) is 0 Å². The third kappa shape index (κ3) is 3.48. The fourth-order valence-electron chi connectivity index (χ4n) is 6.88. The molecular weight excluding hydrogens is 691 g/mol. The molecule has 1 saturated carbocycles. The summed E-state index contributed by atoms with van der Waals surface area (Å²) in [7, 11) is 2.72. The molecule has 2 aliphatic carbocycles. The van der Waals surface area contributed by atoms with Gasteiger partial charge < -0.3 is 9.84 Å². The SMILES string of the molecule is COc1cc([C@H]2C3=CC[C@@H]4C(=O)N(c5ccc(Br)cc5)C(=O)[C@@H]4[C@@H]3C[C@@]3(Cl)C(=O)N(C)C(=O)[C@@]23Cl)cc(Br)c1O. The molecule has 4 amide bonds. The van der Waals surface area contributed by atoms with E-state index < -0.39 is 45.2 Å². The van der Waals surface area contributed by atoms with Crippen LogP contribution < -0.4 is 9.64 Å². The number of methoxy groups -OCH3 is 1. The Hall–Kier alpha value is -2.40. The molecule has 2 aromatic rings. The topological polar surface area (TPSA) is 104 Å². The predicted octanol–water partition coefficient (Wildman–Crippen LogP) is 5.12. The molecule has 8 nitrogen and oxygen atoms in total. The third-order valence-corrected chi connectivity index (χ3v) is 11.2. The highest BCUT2D eigenvalue weighted by Gasteiger charge is 2.76. The number of carbonyl (C=O) groups excluding carboxylic acids is 4. The highest BCUT2D eigenvalue weighted by atomic mass is 79.9. The second kappa shape index (κ2) is 9.31. The van der Waals surface area contributed by atoms with Crippen LogP contribution in [0.15, 0.2) is 57.0 Å². The molecule has 40 heavy (non-hydrogen) atoms. The van der Waals surface area contributed by atoms with Crippen LogP contribution in [0.25, 0.3) is 0 Å². The number of alkyl halides is 2. The Morgan fingerprint density at radius 1 is 1.00 bits per heavy atom. The number of anilines is 1. The van der Waals surface area contributed by atoms with E-state index >= 15 is 0 Å². The van der Waals surface area contributed by atoms with Crippen molar-refractivity contribution in [3.63, 3.8) is 0 Å². The van der Waals surface area contributed by atoms with Gasteiger partial charge in [-0.1, -0.05) is 27.6 Å². The number of ether oxygens (including phenoxy) is 1. The Balaban J connectivity index is 1.53. The lowest BCUT2D eigenvalue weighted by Gasteiger charge is -2.50. The van der Waals surface area contributed by atoms with Crippen LogP contribution in [-0.2, 0) is 19.2 Å². The van der Waals surface area contributed by atoms with E-state index in [-0.39, 0.29) is 40.6 Å². The molecule has 0 aromatic heterocycles. The summed E-state index contributed by atoms with van der Waals surface area (Å²) in [5.74, 6) is -5.11. The summed E-state index contributed by atoms with van der Waals surface area (Å²) in [6.45, 7) is 0. The number of fused-ring (bicyclic) bond motifs is 4. The zero-order valence-electron chi connectivity index (χ0n) is 21.2. The van der Waals surface area contributed by atoms with Crippen LogP contribution in [0.4, 0.5) is 5.69 Å². The number of allylic oxidation sites excluding steroid dienone is 2. The number of phenols is 1. The molecule has 0 spiro atoms. The van der Waals surface area contributed by atoms with Gasteiger partial charge in [-0.25, -0.2) is 0 Å². The minimum absolute atomic E-state index is 0.0972. The number of imide groups is 2. The Bertz CT molecular complexity index is 1550. The van der Waals surface area contributed by atoms with Gasteiger partial charge in [-0.2, -0.15) is 0 Å². The highest BCUT2D eigenvalue weighted by Crippen LogP contribution is 2.65. The molecule has 2 aliphatic heterocycles. The van der Waals surface area contributed by atoms with Crippen molar-refractivity contribution in [3.8, 4) is 11.5 Å². The minimum atomic E-state index is -1.92. The predicted molar refractivity (Wildman–Crippen MR) is 154 cm³/mol. The van der Waals surface area contributed by atoms with E-state index in [0.717, 1.165) is 9.37 Å². The summed E-state index contributed by atoms with van der Waals surface area (Å²) >= 11 is 21.1. The number of nitrogens with zero attached hydrogens (tertiary/aromatic N) is 2. The first kappa shape index (κ1) is 27.8. The minimum Gasteiger partial charge on any atom is -0.503 e. The van der Waals surface area contributed by atoms with Crippen molar-refractivity contribution in [1.29, 1.82) is 0 Å². The molecule has 12 heteroatoms. The van der Waals surface area contributed by atoms with Crippen molar-refractivity contribution < 1.29 is 29.0 Å². The molecule has 6 rings (SSSR count). The smallest absolute Gasteiger partial charge is 0.253 e. The number of benzene rings is 2. The normalized spacial score (nSPS) is 33.1. The van der Waals surface area contributed by atoms with Gasteiger partial charge in [-0.3, -0.25) is 29.0 Å². The fourth-order valence-corrected chi connectivity index (χ4v) is 8.62. The summed E-state index contributed by atoms with van der Waals surface area (Å²) in [6.07, 6.45) is 2.01. The maximum absolute atomic E-state index is 14.0. The third-order valence-electron chi connectivity index (χ3n) is 8.70. The number of halogens is 4. The zero-order valence-corrected chi connectivity index (χ0v) is 25.8. The van der Waals surface area contributed by atoms with Crippen molar-refractivity contribution in [1.82, 2.24) is 4.90 Å². The van der Waals surface area contributed by atoms with Crippen LogP contribution in [0.2, 0.25) is 0 Å². The van der Waals surface area contributed by atoms with Gasteiger partial charge in [0, 0.05) is 17.4 Å². The van der Waals surface area contributed by atoms with E-state index in [1.807, 2.05) is 6.08 Å². The van der Waals surface area contributed by atoms with Crippen LogP contribution in [-0.4, -0.2) is 57.5 Å². The Morgan fingerprint density at radius 2 is 1.68 bits per heavy atom. The molecule has 2 aromatic carbocycles. The maximum atomic E-state index is 14.0. The van der Waals surface area contributed by atoms with E-state index in [4.69, 9.17) is 27.9 Å². The van der Waals surface area contributed by atoms with E-state index in [9.17, 15) is 24.3 Å². The van der Waals surface area contributed by atoms with Crippen LogP contribution in [0.5, 0.6) is 11.5 Å². The van der Waals surface area contributed by atoms with E-state index in [2.05, 4.69) is 31.9 Å². The number of likely N-dealkylation sites (tertiary alicyclic amines) is 1. The maximum Gasteiger partial charge on any atom is 0.253 e. The summed E-state index contributed by atoms with van der Waals surface area (Å²) in [6, 6.07) is 10.0. The van der Waals surface area contributed by atoms with Crippen LogP contribution in [0.1, 0.15) is 24.3 Å². The molecule has 2 saturated heterocycles.